The zero-order valence-electron chi connectivity index (χ0n) is 10.3. The Kier molecular flexibility index (Phi) is 4.40. The molecule has 1 heterocycles. The molecule has 0 bridgehead atoms. The minimum Gasteiger partial charge on any atom is -0.479 e. The Bertz CT molecular complexity index is 250. The van der Waals surface area contributed by atoms with Crippen molar-refractivity contribution in [3.8, 4) is 0 Å². The van der Waals surface area contributed by atoms with E-state index < -0.39 is 11.6 Å². The van der Waals surface area contributed by atoms with Gasteiger partial charge in [-0.1, -0.05) is 12.8 Å². The number of hydrogen-bond donors (Lipinski definition) is 1. The van der Waals surface area contributed by atoms with Crippen LogP contribution in [-0.4, -0.2) is 36.5 Å². The van der Waals surface area contributed by atoms with E-state index in [0.29, 0.717) is 25.4 Å². The van der Waals surface area contributed by atoms with E-state index in [1.54, 1.807) is 0 Å². The molecule has 1 aliphatic heterocycles. The van der Waals surface area contributed by atoms with Crippen molar-refractivity contribution < 1.29 is 19.4 Å². The normalized spacial score (nSPS) is 28.8. The van der Waals surface area contributed by atoms with Crippen molar-refractivity contribution in [2.75, 3.05) is 19.8 Å². The highest BCUT2D eigenvalue weighted by molar-refractivity contribution is 5.77. The number of carboxylic acid groups (broad SMARTS) is 1. The summed E-state index contributed by atoms with van der Waals surface area (Å²) in [4.78, 5) is 11.5. The maximum Gasteiger partial charge on any atom is 0.335 e. The first-order chi connectivity index (χ1) is 8.23. The van der Waals surface area contributed by atoms with Gasteiger partial charge >= 0.3 is 5.97 Å². The number of aliphatic carboxylic acids is 1. The van der Waals surface area contributed by atoms with Crippen LogP contribution in [0.3, 0.4) is 0 Å². The molecule has 1 aliphatic carbocycles. The van der Waals surface area contributed by atoms with E-state index in [2.05, 4.69) is 0 Å². The van der Waals surface area contributed by atoms with E-state index in [1.165, 1.54) is 0 Å². The van der Waals surface area contributed by atoms with Crippen LogP contribution in [0, 0.1) is 5.92 Å². The van der Waals surface area contributed by atoms with Crippen LogP contribution in [0.15, 0.2) is 0 Å². The second-order valence-electron chi connectivity index (χ2n) is 5.25. The van der Waals surface area contributed by atoms with E-state index in [1.807, 2.05) is 0 Å². The lowest BCUT2D eigenvalue weighted by Gasteiger charge is -2.29. The molecular formula is C13H22O4. The maximum absolute atomic E-state index is 11.5. The Labute approximate surface area is 102 Å². The summed E-state index contributed by atoms with van der Waals surface area (Å²) in [5.41, 5.74) is -0.918. The minimum atomic E-state index is -0.918. The second-order valence-corrected chi connectivity index (χ2v) is 5.25. The highest BCUT2D eigenvalue weighted by Crippen LogP contribution is 2.32. The van der Waals surface area contributed by atoms with Crippen LogP contribution in [0.4, 0.5) is 0 Å². The van der Waals surface area contributed by atoms with Crippen molar-refractivity contribution in [1.82, 2.24) is 0 Å². The van der Waals surface area contributed by atoms with Gasteiger partial charge in [0.1, 0.15) is 0 Å². The van der Waals surface area contributed by atoms with E-state index in [0.717, 1.165) is 45.3 Å². The van der Waals surface area contributed by atoms with Gasteiger partial charge in [0.2, 0.25) is 0 Å². The molecule has 4 heteroatoms. The third-order valence-electron chi connectivity index (χ3n) is 3.92. The molecule has 2 fully saturated rings. The smallest absolute Gasteiger partial charge is 0.335 e. The quantitative estimate of drug-likeness (QED) is 0.768. The third-order valence-corrected chi connectivity index (χ3v) is 3.92. The molecule has 0 aromatic heterocycles. The summed E-state index contributed by atoms with van der Waals surface area (Å²) in [5.74, 6) is -0.396. The Hall–Kier alpha value is -0.610. The molecule has 4 nitrogen and oxygen atoms in total. The van der Waals surface area contributed by atoms with Crippen molar-refractivity contribution in [1.29, 1.82) is 0 Å². The van der Waals surface area contributed by atoms with Crippen LogP contribution in [0.2, 0.25) is 0 Å². The lowest BCUT2D eigenvalue weighted by molar-refractivity contribution is -0.170. The monoisotopic (exact) mass is 242 g/mol. The van der Waals surface area contributed by atoms with Crippen molar-refractivity contribution in [3.63, 3.8) is 0 Å². The molecule has 2 aliphatic rings. The third kappa shape index (κ3) is 3.19. The van der Waals surface area contributed by atoms with E-state index in [-0.39, 0.29) is 0 Å². The van der Waals surface area contributed by atoms with Crippen LogP contribution in [-0.2, 0) is 14.3 Å². The van der Waals surface area contributed by atoms with Crippen LogP contribution in [0.5, 0.6) is 0 Å². The summed E-state index contributed by atoms with van der Waals surface area (Å²) in [6.45, 7) is 2.04. The van der Waals surface area contributed by atoms with Crippen molar-refractivity contribution in [2.24, 2.45) is 5.92 Å². The fourth-order valence-electron chi connectivity index (χ4n) is 2.71. The van der Waals surface area contributed by atoms with Crippen LogP contribution in [0.1, 0.15) is 44.9 Å². The molecule has 0 aromatic carbocycles. The Morgan fingerprint density at radius 1 is 1.29 bits per heavy atom. The minimum absolute atomic E-state index is 0.384. The van der Waals surface area contributed by atoms with Crippen molar-refractivity contribution in [2.45, 2.75) is 50.5 Å². The highest BCUT2D eigenvalue weighted by atomic mass is 16.5. The first-order valence-electron chi connectivity index (χ1n) is 6.68. The lowest BCUT2D eigenvalue weighted by Crippen LogP contribution is -2.42. The fourth-order valence-corrected chi connectivity index (χ4v) is 2.71. The largest absolute Gasteiger partial charge is 0.479 e. The molecule has 98 valence electrons. The molecular weight excluding hydrogens is 220 g/mol. The number of rotatable bonds is 4. The van der Waals surface area contributed by atoms with Gasteiger partial charge in [0, 0.05) is 12.5 Å². The predicted octanol–water partition coefficient (Wildman–Crippen LogP) is 2.22. The van der Waals surface area contributed by atoms with Gasteiger partial charge in [-0.05, 0) is 32.1 Å². The molecule has 1 saturated heterocycles. The Balaban J connectivity index is 1.92. The molecule has 1 atom stereocenters. The van der Waals surface area contributed by atoms with Gasteiger partial charge in [0.25, 0.3) is 0 Å². The second kappa shape index (κ2) is 5.83. The molecule has 0 amide bonds. The predicted molar refractivity (Wildman–Crippen MR) is 62.9 cm³/mol. The number of carbonyl (C=O) groups is 1. The first kappa shape index (κ1) is 12.8. The standard InChI is InChI=1S/C13H22O4/c14-12(15)13(6-3-1-2-4-7-13)17-10-11-5-8-16-9-11/h11H,1-10H2,(H,14,15). The molecule has 1 saturated carbocycles. The molecule has 0 aromatic rings. The van der Waals surface area contributed by atoms with Gasteiger partial charge in [0.05, 0.1) is 13.2 Å². The molecule has 0 spiro atoms. The molecule has 1 unspecified atom stereocenters. The summed E-state index contributed by atoms with van der Waals surface area (Å²) in [7, 11) is 0. The maximum atomic E-state index is 11.5. The summed E-state index contributed by atoms with van der Waals surface area (Å²) in [6, 6.07) is 0. The van der Waals surface area contributed by atoms with Gasteiger partial charge in [-0.25, -0.2) is 4.79 Å². The average Bonchev–Trinajstić information content (AvgIpc) is 2.71. The fraction of sp³-hybridized carbons (Fsp3) is 0.923. The van der Waals surface area contributed by atoms with Crippen LogP contribution < -0.4 is 0 Å². The van der Waals surface area contributed by atoms with E-state index in [9.17, 15) is 9.90 Å². The van der Waals surface area contributed by atoms with Crippen molar-refractivity contribution >= 4 is 5.97 Å². The number of hydrogen-bond acceptors (Lipinski definition) is 3. The zero-order chi connectivity index (χ0) is 12.1. The van der Waals surface area contributed by atoms with Crippen LogP contribution >= 0.6 is 0 Å². The molecule has 17 heavy (non-hydrogen) atoms. The summed E-state index contributed by atoms with van der Waals surface area (Å²) < 4.78 is 11.1. The van der Waals surface area contributed by atoms with Gasteiger partial charge in [-0.3, -0.25) is 0 Å². The first-order valence-corrected chi connectivity index (χ1v) is 6.68. The van der Waals surface area contributed by atoms with E-state index in [4.69, 9.17) is 9.47 Å². The molecule has 1 N–H and O–H groups in total. The van der Waals surface area contributed by atoms with Crippen LogP contribution in [0.25, 0.3) is 0 Å². The van der Waals surface area contributed by atoms with Gasteiger partial charge < -0.3 is 14.6 Å². The van der Waals surface area contributed by atoms with E-state index >= 15 is 0 Å². The Morgan fingerprint density at radius 3 is 2.53 bits per heavy atom. The molecule has 2 rings (SSSR count). The van der Waals surface area contributed by atoms with Gasteiger partial charge in [-0.2, -0.15) is 0 Å². The van der Waals surface area contributed by atoms with Gasteiger partial charge in [-0.15, -0.1) is 0 Å². The summed E-state index contributed by atoms with van der Waals surface area (Å²) >= 11 is 0. The SMILES string of the molecule is O=C(O)C1(OCC2CCOC2)CCCCCC1. The highest BCUT2D eigenvalue weighted by Gasteiger charge is 2.40. The topological polar surface area (TPSA) is 55.8 Å². The zero-order valence-corrected chi connectivity index (χ0v) is 10.3. The lowest BCUT2D eigenvalue weighted by atomic mass is 9.94. The average molecular weight is 242 g/mol. The van der Waals surface area contributed by atoms with Gasteiger partial charge in [0.15, 0.2) is 5.60 Å². The number of ether oxygens (including phenoxy) is 2. The molecule has 0 radical (unpaired) electrons. The summed E-state index contributed by atoms with van der Waals surface area (Å²) in [6.07, 6.45) is 6.51. The summed E-state index contributed by atoms with van der Waals surface area (Å²) in [5, 5.41) is 9.43. The Morgan fingerprint density at radius 2 is 2.00 bits per heavy atom. The number of carboxylic acids is 1. The van der Waals surface area contributed by atoms with Crippen molar-refractivity contribution in [3.05, 3.63) is 0 Å².